The van der Waals surface area contributed by atoms with Gasteiger partial charge < -0.3 is 16.2 Å². The SMILES string of the molecule is Nc1cc(F)cc(F)c1NC(=O)c1ccc(Br)cc1O. The predicted octanol–water partition coefficient (Wildman–Crippen LogP) is 3.27. The Morgan fingerprint density at radius 1 is 1.25 bits per heavy atom. The lowest BCUT2D eigenvalue weighted by Crippen LogP contribution is -2.15. The van der Waals surface area contributed by atoms with Gasteiger partial charge in [0.25, 0.3) is 5.91 Å². The van der Waals surface area contributed by atoms with E-state index in [0.29, 0.717) is 10.5 Å². The monoisotopic (exact) mass is 342 g/mol. The van der Waals surface area contributed by atoms with Gasteiger partial charge in [0.05, 0.1) is 11.3 Å². The van der Waals surface area contributed by atoms with E-state index in [1.165, 1.54) is 12.1 Å². The Balaban J connectivity index is 2.33. The van der Waals surface area contributed by atoms with Crippen molar-refractivity contribution in [3.8, 4) is 5.75 Å². The van der Waals surface area contributed by atoms with Crippen LogP contribution < -0.4 is 11.1 Å². The molecule has 4 nitrogen and oxygen atoms in total. The first kappa shape index (κ1) is 14.3. The highest BCUT2D eigenvalue weighted by molar-refractivity contribution is 9.10. The topological polar surface area (TPSA) is 75.3 Å². The van der Waals surface area contributed by atoms with Crippen LogP contribution in [0.4, 0.5) is 20.2 Å². The Morgan fingerprint density at radius 2 is 1.95 bits per heavy atom. The zero-order chi connectivity index (χ0) is 14.9. The van der Waals surface area contributed by atoms with Gasteiger partial charge in [-0.05, 0) is 24.3 Å². The van der Waals surface area contributed by atoms with Crippen molar-refractivity contribution in [3.63, 3.8) is 0 Å². The quantitative estimate of drug-likeness (QED) is 0.733. The van der Waals surface area contributed by atoms with Gasteiger partial charge >= 0.3 is 0 Å². The van der Waals surface area contributed by atoms with Gasteiger partial charge in [-0.1, -0.05) is 15.9 Å². The molecule has 0 saturated carbocycles. The number of hydrogen-bond acceptors (Lipinski definition) is 3. The minimum Gasteiger partial charge on any atom is -0.507 e. The van der Waals surface area contributed by atoms with Crippen LogP contribution in [0.2, 0.25) is 0 Å². The highest BCUT2D eigenvalue weighted by Gasteiger charge is 2.16. The van der Waals surface area contributed by atoms with Gasteiger partial charge in [0.15, 0.2) is 5.82 Å². The van der Waals surface area contributed by atoms with Crippen molar-refractivity contribution in [1.82, 2.24) is 0 Å². The molecule has 0 aliphatic rings. The van der Waals surface area contributed by atoms with Crippen LogP contribution in [0.5, 0.6) is 5.75 Å². The number of rotatable bonds is 2. The van der Waals surface area contributed by atoms with Gasteiger partial charge in [-0.3, -0.25) is 4.79 Å². The normalized spacial score (nSPS) is 10.3. The van der Waals surface area contributed by atoms with E-state index in [4.69, 9.17) is 5.73 Å². The molecule has 0 fully saturated rings. The number of carbonyl (C=O) groups is 1. The number of hydrogen-bond donors (Lipinski definition) is 3. The van der Waals surface area contributed by atoms with E-state index in [2.05, 4.69) is 21.2 Å². The van der Waals surface area contributed by atoms with E-state index in [1.807, 2.05) is 0 Å². The third kappa shape index (κ3) is 2.88. The number of anilines is 2. The summed E-state index contributed by atoms with van der Waals surface area (Å²) in [7, 11) is 0. The lowest BCUT2D eigenvalue weighted by atomic mass is 10.1. The zero-order valence-electron chi connectivity index (χ0n) is 9.95. The zero-order valence-corrected chi connectivity index (χ0v) is 11.5. The van der Waals surface area contributed by atoms with E-state index in [0.717, 1.165) is 6.07 Å². The summed E-state index contributed by atoms with van der Waals surface area (Å²) in [5.74, 6) is -2.87. The Morgan fingerprint density at radius 3 is 2.55 bits per heavy atom. The predicted molar refractivity (Wildman–Crippen MR) is 74.5 cm³/mol. The summed E-state index contributed by atoms with van der Waals surface area (Å²) < 4.78 is 27.0. The average molecular weight is 343 g/mol. The molecular weight excluding hydrogens is 334 g/mol. The van der Waals surface area contributed by atoms with E-state index >= 15 is 0 Å². The number of aromatic hydroxyl groups is 1. The molecule has 0 aliphatic heterocycles. The van der Waals surface area contributed by atoms with Crippen LogP contribution in [0, 0.1) is 11.6 Å². The highest BCUT2D eigenvalue weighted by atomic mass is 79.9. The van der Waals surface area contributed by atoms with E-state index in [9.17, 15) is 18.7 Å². The fourth-order valence-electron chi connectivity index (χ4n) is 1.60. The maximum Gasteiger partial charge on any atom is 0.259 e. The first-order chi connectivity index (χ1) is 9.38. The number of halogens is 3. The third-order valence-electron chi connectivity index (χ3n) is 2.53. The molecule has 0 saturated heterocycles. The number of carbonyl (C=O) groups excluding carboxylic acids is 1. The molecule has 1 amide bonds. The van der Waals surface area contributed by atoms with Crippen molar-refractivity contribution >= 4 is 33.2 Å². The van der Waals surface area contributed by atoms with Crippen molar-refractivity contribution < 1.29 is 18.7 Å². The molecule has 2 aromatic rings. The van der Waals surface area contributed by atoms with Crippen molar-refractivity contribution in [2.24, 2.45) is 0 Å². The molecule has 104 valence electrons. The molecule has 2 rings (SSSR count). The summed E-state index contributed by atoms with van der Waals surface area (Å²) in [6.07, 6.45) is 0. The maximum absolute atomic E-state index is 13.5. The fraction of sp³-hybridized carbons (Fsp3) is 0. The van der Waals surface area contributed by atoms with Crippen molar-refractivity contribution in [3.05, 3.63) is 52.0 Å². The first-order valence-electron chi connectivity index (χ1n) is 5.43. The number of nitrogen functional groups attached to an aromatic ring is 1. The molecule has 2 aromatic carbocycles. The molecule has 0 atom stereocenters. The second-order valence-electron chi connectivity index (χ2n) is 3.97. The maximum atomic E-state index is 13.5. The summed E-state index contributed by atoms with van der Waals surface area (Å²) in [4.78, 5) is 11.9. The third-order valence-corrected chi connectivity index (χ3v) is 3.02. The second kappa shape index (κ2) is 5.46. The Bertz CT molecular complexity index is 669. The second-order valence-corrected chi connectivity index (χ2v) is 4.88. The van der Waals surface area contributed by atoms with E-state index < -0.39 is 17.5 Å². The first-order valence-corrected chi connectivity index (χ1v) is 6.22. The van der Waals surface area contributed by atoms with Crippen LogP contribution in [0.15, 0.2) is 34.8 Å². The minimum absolute atomic E-state index is 0.0590. The van der Waals surface area contributed by atoms with Gasteiger partial charge in [0.1, 0.15) is 17.3 Å². The summed E-state index contributed by atoms with van der Waals surface area (Å²) >= 11 is 3.13. The molecule has 20 heavy (non-hydrogen) atoms. The smallest absolute Gasteiger partial charge is 0.259 e. The van der Waals surface area contributed by atoms with E-state index in [-0.39, 0.29) is 22.7 Å². The summed E-state index contributed by atoms with van der Waals surface area (Å²) in [6, 6.07) is 5.71. The van der Waals surface area contributed by atoms with Crippen LogP contribution >= 0.6 is 15.9 Å². The molecule has 0 radical (unpaired) electrons. The van der Waals surface area contributed by atoms with Gasteiger partial charge in [0.2, 0.25) is 0 Å². The van der Waals surface area contributed by atoms with Crippen molar-refractivity contribution in [2.75, 3.05) is 11.1 Å². The Hall–Kier alpha value is -2.15. The van der Waals surface area contributed by atoms with Crippen molar-refractivity contribution in [2.45, 2.75) is 0 Å². The fourth-order valence-corrected chi connectivity index (χ4v) is 1.95. The lowest BCUT2D eigenvalue weighted by molar-refractivity contribution is 0.102. The van der Waals surface area contributed by atoms with Gasteiger partial charge in [0, 0.05) is 10.5 Å². The van der Waals surface area contributed by atoms with Gasteiger partial charge in [-0.15, -0.1) is 0 Å². The standard InChI is InChI=1S/C13H9BrF2N2O2/c14-6-1-2-8(11(19)3-6)13(20)18-12-9(16)4-7(15)5-10(12)17/h1-5,19H,17H2,(H,18,20). The lowest BCUT2D eigenvalue weighted by Gasteiger charge is -2.10. The van der Waals surface area contributed by atoms with Crippen LogP contribution in [-0.4, -0.2) is 11.0 Å². The molecule has 4 N–H and O–H groups in total. The Labute approximate surface area is 121 Å². The number of benzene rings is 2. The summed E-state index contributed by atoms with van der Waals surface area (Å²) in [5.41, 5.74) is 4.81. The van der Waals surface area contributed by atoms with Crippen LogP contribution in [-0.2, 0) is 0 Å². The number of amides is 1. The summed E-state index contributed by atoms with van der Waals surface area (Å²) in [5, 5.41) is 11.8. The Kier molecular flexibility index (Phi) is 3.89. The number of phenolic OH excluding ortho intramolecular Hbond substituents is 1. The van der Waals surface area contributed by atoms with Crippen LogP contribution in [0.3, 0.4) is 0 Å². The number of phenols is 1. The van der Waals surface area contributed by atoms with Crippen LogP contribution in [0.25, 0.3) is 0 Å². The number of nitrogens with one attached hydrogen (secondary N) is 1. The van der Waals surface area contributed by atoms with Crippen LogP contribution in [0.1, 0.15) is 10.4 Å². The molecule has 0 bridgehead atoms. The number of nitrogens with two attached hydrogens (primary N) is 1. The molecule has 0 aromatic heterocycles. The average Bonchev–Trinajstić information content (AvgIpc) is 2.33. The van der Waals surface area contributed by atoms with Gasteiger partial charge in [-0.25, -0.2) is 8.78 Å². The molecular formula is C13H9BrF2N2O2. The van der Waals surface area contributed by atoms with Gasteiger partial charge in [-0.2, -0.15) is 0 Å². The molecule has 0 heterocycles. The van der Waals surface area contributed by atoms with E-state index in [1.54, 1.807) is 6.07 Å². The largest absolute Gasteiger partial charge is 0.507 e. The van der Waals surface area contributed by atoms with Crippen molar-refractivity contribution in [1.29, 1.82) is 0 Å². The molecule has 7 heteroatoms. The molecule has 0 unspecified atom stereocenters. The molecule has 0 spiro atoms. The highest BCUT2D eigenvalue weighted by Crippen LogP contribution is 2.27. The molecule has 0 aliphatic carbocycles. The summed E-state index contributed by atoms with van der Waals surface area (Å²) in [6.45, 7) is 0. The minimum atomic E-state index is -0.993.